The number of hydrogen-bond acceptors (Lipinski definition) is 8. The Kier molecular flexibility index (Phi) is 8.67. The highest BCUT2D eigenvalue weighted by Crippen LogP contribution is 2.27. The summed E-state index contributed by atoms with van der Waals surface area (Å²) in [6.45, 7) is 3.44. The van der Waals surface area contributed by atoms with E-state index in [1.165, 1.54) is 6.33 Å². The number of pyridine rings is 1. The average molecular weight is 491 g/mol. The summed E-state index contributed by atoms with van der Waals surface area (Å²) in [5.41, 5.74) is 4.10. The Bertz CT molecular complexity index is 1300. The van der Waals surface area contributed by atoms with E-state index in [0.29, 0.717) is 24.5 Å². The minimum Gasteiger partial charge on any atom is -0.369 e. The largest absolute Gasteiger partial charge is 0.369 e. The molecule has 2 N–H and O–H groups in total. The van der Waals surface area contributed by atoms with E-state index in [-0.39, 0.29) is 25.3 Å². The lowest BCUT2D eigenvalue weighted by Gasteiger charge is -2.16. The molecule has 0 saturated heterocycles. The number of nitrogens with zero attached hydrogens (tertiary/aromatic N) is 6. The van der Waals surface area contributed by atoms with E-state index < -0.39 is 0 Å². The Balaban J connectivity index is 0.00000342. The first-order valence-electron chi connectivity index (χ1n) is 11.1. The van der Waals surface area contributed by atoms with Crippen LogP contribution in [0.1, 0.15) is 34.6 Å². The number of benzene rings is 1. The van der Waals surface area contributed by atoms with Crippen LogP contribution in [0, 0.1) is 0 Å². The van der Waals surface area contributed by atoms with E-state index in [0.717, 1.165) is 33.5 Å². The van der Waals surface area contributed by atoms with Gasteiger partial charge in [0.05, 0.1) is 23.3 Å². The Morgan fingerprint density at radius 1 is 1.06 bits per heavy atom. The van der Waals surface area contributed by atoms with Gasteiger partial charge in [-0.3, -0.25) is 9.78 Å². The number of amides is 1. The van der Waals surface area contributed by atoms with Crippen LogP contribution in [0.2, 0.25) is 0 Å². The van der Waals surface area contributed by atoms with E-state index >= 15 is 0 Å². The van der Waals surface area contributed by atoms with Crippen molar-refractivity contribution in [2.45, 2.75) is 19.4 Å². The first-order valence-corrected chi connectivity index (χ1v) is 11.1. The molecule has 0 aliphatic carbocycles. The molecule has 0 bridgehead atoms. The van der Waals surface area contributed by atoms with Gasteiger partial charge in [0.25, 0.3) is 5.91 Å². The standard InChI is InChI=1S/C25H28N8O.H2S/c1-16(18-6-5-7-19-20(25(34)26-2)8-9-27-24(18)19)11-28-22-10-21(31-15-32-22)17-12-29-23(30-13-17)14-33(3)4;/h5-10,12-13,15-16H,11,14H2,1-4H3,(H,26,34)(H,28,31,32);1H2/t16-;/m1./s1. The van der Waals surface area contributed by atoms with Crippen molar-refractivity contribution in [1.29, 1.82) is 0 Å². The lowest BCUT2D eigenvalue weighted by molar-refractivity contribution is 0.0964. The lowest BCUT2D eigenvalue weighted by Crippen LogP contribution is -2.18. The third-order valence-electron chi connectivity index (χ3n) is 5.52. The number of fused-ring (bicyclic) bond motifs is 1. The quantitative estimate of drug-likeness (QED) is 0.388. The normalized spacial score (nSPS) is 11.7. The molecular formula is C25H30N8OS. The summed E-state index contributed by atoms with van der Waals surface area (Å²) in [6, 6.07) is 9.58. The van der Waals surface area contributed by atoms with Gasteiger partial charge in [0.15, 0.2) is 0 Å². The first-order chi connectivity index (χ1) is 16.5. The highest BCUT2D eigenvalue weighted by atomic mass is 32.1. The molecule has 0 spiro atoms. The van der Waals surface area contributed by atoms with Crippen LogP contribution in [-0.4, -0.2) is 63.4 Å². The number of para-hydroxylation sites is 1. The van der Waals surface area contributed by atoms with Crippen LogP contribution in [0.4, 0.5) is 5.82 Å². The number of carbonyl (C=O) groups excluding carboxylic acids is 1. The Morgan fingerprint density at radius 2 is 1.83 bits per heavy atom. The van der Waals surface area contributed by atoms with Crippen molar-refractivity contribution >= 4 is 36.1 Å². The third kappa shape index (κ3) is 6.09. The molecule has 3 aromatic heterocycles. The summed E-state index contributed by atoms with van der Waals surface area (Å²) in [6.07, 6.45) is 6.78. The predicted molar refractivity (Wildman–Crippen MR) is 143 cm³/mol. The molecule has 0 aliphatic rings. The second kappa shape index (κ2) is 11.7. The van der Waals surface area contributed by atoms with Gasteiger partial charge in [0.1, 0.15) is 18.0 Å². The first kappa shape index (κ1) is 26.0. The molecule has 0 saturated carbocycles. The van der Waals surface area contributed by atoms with Crippen molar-refractivity contribution in [1.82, 2.24) is 35.1 Å². The maximum atomic E-state index is 12.3. The molecule has 1 aromatic carbocycles. The van der Waals surface area contributed by atoms with E-state index in [4.69, 9.17) is 0 Å². The Labute approximate surface area is 211 Å². The van der Waals surface area contributed by atoms with Crippen LogP contribution >= 0.6 is 13.5 Å². The molecule has 10 heteroatoms. The molecule has 0 radical (unpaired) electrons. The number of aromatic nitrogens is 5. The lowest BCUT2D eigenvalue weighted by atomic mass is 9.96. The molecule has 3 heterocycles. The zero-order valence-electron chi connectivity index (χ0n) is 20.3. The average Bonchev–Trinajstić information content (AvgIpc) is 2.86. The van der Waals surface area contributed by atoms with Crippen LogP contribution in [0.25, 0.3) is 22.2 Å². The summed E-state index contributed by atoms with van der Waals surface area (Å²) in [7, 11) is 5.59. The topological polar surface area (TPSA) is 109 Å². The zero-order chi connectivity index (χ0) is 24.1. The summed E-state index contributed by atoms with van der Waals surface area (Å²) in [4.78, 5) is 36.4. The Hall–Kier alpha value is -3.63. The van der Waals surface area contributed by atoms with Gasteiger partial charge in [-0.2, -0.15) is 13.5 Å². The number of anilines is 1. The second-order valence-corrected chi connectivity index (χ2v) is 8.38. The van der Waals surface area contributed by atoms with E-state index in [9.17, 15) is 4.79 Å². The van der Waals surface area contributed by atoms with Gasteiger partial charge in [0.2, 0.25) is 0 Å². The number of rotatable bonds is 8. The van der Waals surface area contributed by atoms with Crippen LogP contribution in [-0.2, 0) is 6.54 Å². The van der Waals surface area contributed by atoms with Gasteiger partial charge in [-0.15, -0.1) is 0 Å². The van der Waals surface area contributed by atoms with Crippen molar-refractivity contribution in [3.63, 3.8) is 0 Å². The highest BCUT2D eigenvalue weighted by Gasteiger charge is 2.15. The molecule has 0 fully saturated rings. The van der Waals surface area contributed by atoms with E-state index in [1.54, 1.807) is 31.7 Å². The van der Waals surface area contributed by atoms with Crippen LogP contribution in [0.15, 0.2) is 55.2 Å². The monoisotopic (exact) mass is 490 g/mol. The molecule has 35 heavy (non-hydrogen) atoms. The smallest absolute Gasteiger partial charge is 0.251 e. The van der Waals surface area contributed by atoms with Crippen molar-refractivity contribution in [3.05, 3.63) is 72.2 Å². The highest BCUT2D eigenvalue weighted by molar-refractivity contribution is 7.59. The fourth-order valence-electron chi connectivity index (χ4n) is 3.76. The molecular weight excluding hydrogens is 460 g/mol. The maximum Gasteiger partial charge on any atom is 0.251 e. The van der Waals surface area contributed by atoms with Crippen molar-refractivity contribution in [2.24, 2.45) is 0 Å². The second-order valence-electron chi connectivity index (χ2n) is 8.38. The minimum atomic E-state index is -0.123. The molecule has 182 valence electrons. The van der Waals surface area contributed by atoms with Crippen molar-refractivity contribution in [3.8, 4) is 11.3 Å². The van der Waals surface area contributed by atoms with Crippen molar-refractivity contribution in [2.75, 3.05) is 33.0 Å². The van der Waals surface area contributed by atoms with E-state index in [2.05, 4.69) is 42.5 Å². The molecule has 0 unspecified atom stereocenters. The van der Waals surface area contributed by atoms with Gasteiger partial charge in [-0.25, -0.2) is 19.9 Å². The fourth-order valence-corrected chi connectivity index (χ4v) is 3.76. The van der Waals surface area contributed by atoms with E-state index in [1.807, 2.05) is 43.3 Å². The summed E-state index contributed by atoms with van der Waals surface area (Å²) in [5, 5.41) is 6.93. The number of carbonyl (C=O) groups is 1. The van der Waals surface area contributed by atoms with Gasteiger partial charge in [-0.05, 0) is 25.7 Å². The SMILES string of the molecule is CNC(=O)c1ccnc2c([C@H](C)CNc3cc(-c4cnc(CN(C)C)nc4)ncn3)cccc12.S. The molecule has 1 atom stereocenters. The fraction of sp³-hybridized carbons (Fsp3) is 0.280. The number of hydrogen-bond donors (Lipinski definition) is 2. The third-order valence-corrected chi connectivity index (χ3v) is 5.52. The van der Waals surface area contributed by atoms with Crippen LogP contribution in [0.3, 0.4) is 0 Å². The summed E-state index contributed by atoms with van der Waals surface area (Å²) < 4.78 is 0. The maximum absolute atomic E-state index is 12.3. The summed E-state index contributed by atoms with van der Waals surface area (Å²) >= 11 is 0. The molecule has 4 aromatic rings. The molecule has 1 amide bonds. The minimum absolute atomic E-state index is 0. The van der Waals surface area contributed by atoms with Gasteiger partial charge >= 0.3 is 0 Å². The zero-order valence-corrected chi connectivity index (χ0v) is 21.3. The van der Waals surface area contributed by atoms with Gasteiger partial charge in [0, 0.05) is 55.1 Å². The molecule has 0 aliphatic heterocycles. The van der Waals surface area contributed by atoms with Crippen LogP contribution in [0.5, 0.6) is 0 Å². The predicted octanol–water partition coefficient (Wildman–Crippen LogP) is 3.23. The van der Waals surface area contributed by atoms with Gasteiger partial charge in [-0.1, -0.05) is 25.1 Å². The molecule has 9 nitrogen and oxygen atoms in total. The molecule has 4 rings (SSSR count). The number of nitrogens with one attached hydrogen (secondary N) is 2. The van der Waals surface area contributed by atoms with Crippen LogP contribution < -0.4 is 10.6 Å². The Morgan fingerprint density at radius 3 is 2.54 bits per heavy atom. The van der Waals surface area contributed by atoms with Crippen molar-refractivity contribution < 1.29 is 4.79 Å². The summed E-state index contributed by atoms with van der Waals surface area (Å²) in [5.74, 6) is 1.48. The van der Waals surface area contributed by atoms with Gasteiger partial charge < -0.3 is 15.5 Å².